The van der Waals surface area contributed by atoms with Gasteiger partial charge < -0.3 is 24.8 Å². The van der Waals surface area contributed by atoms with Crippen molar-refractivity contribution in [1.29, 1.82) is 0 Å². The molecule has 0 bridgehead atoms. The van der Waals surface area contributed by atoms with Crippen molar-refractivity contribution in [2.75, 3.05) is 42.9 Å². The van der Waals surface area contributed by atoms with E-state index in [4.69, 9.17) is 4.74 Å². The van der Waals surface area contributed by atoms with Crippen molar-refractivity contribution in [3.63, 3.8) is 0 Å². The number of likely N-dealkylation sites (tertiary alicyclic amines) is 1. The first-order valence-corrected chi connectivity index (χ1v) is 19.6. The molecule has 0 saturated carbocycles. The number of anilines is 2. The van der Waals surface area contributed by atoms with Crippen LogP contribution in [0.5, 0.6) is 5.75 Å². The fourth-order valence-electron chi connectivity index (χ4n) is 8.94. The van der Waals surface area contributed by atoms with Crippen molar-refractivity contribution >= 4 is 52.5 Å². The largest absolute Gasteiger partial charge is 0.489 e. The molecule has 4 aromatic rings. The summed E-state index contributed by atoms with van der Waals surface area (Å²) in [6.07, 6.45) is 7.53. The van der Waals surface area contributed by atoms with Crippen molar-refractivity contribution < 1.29 is 33.5 Å². The maximum atomic E-state index is 13.8. The van der Waals surface area contributed by atoms with Crippen LogP contribution in [0.15, 0.2) is 55.0 Å². The molecule has 2 aromatic heterocycles. The minimum atomic E-state index is -0.990. The number of piperidine rings is 2. The summed E-state index contributed by atoms with van der Waals surface area (Å²) in [6.45, 7) is 8.54. The number of hydrogen-bond acceptors (Lipinski definition) is 11. The van der Waals surface area contributed by atoms with Crippen molar-refractivity contribution in [1.82, 2.24) is 34.6 Å². The van der Waals surface area contributed by atoms with Crippen LogP contribution in [0.3, 0.4) is 0 Å². The molecule has 6 amide bonds. The molecule has 5 aliphatic rings. The lowest BCUT2D eigenvalue weighted by molar-refractivity contribution is -0.136. The Labute approximate surface area is 328 Å². The Hall–Kier alpha value is -6.16. The van der Waals surface area contributed by atoms with Gasteiger partial charge in [-0.15, -0.1) is 0 Å². The average molecular weight is 774 g/mol. The molecule has 16 heteroatoms. The predicted octanol–water partition coefficient (Wildman–Crippen LogP) is 3.12. The lowest BCUT2D eigenvalue weighted by atomic mass is 10.0. The summed E-state index contributed by atoms with van der Waals surface area (Å²) in [5.41, 5.74) is 4.14. The zero-order valence-corrected chi connectivity index (χ0v) is 31.8. The number of nitrogens with zero attached hydrogens (tertiary/aromatic N) is 7. The number of amides is 6. The minimum Gasteiger partial charge on any atom is -0.489 e. The van der Waals surface area contributed by atoms with Gasteiger partial charge in [0.15, 0.2) is 5.65 Å². The lowest BCUT2D eigenvalue weighted by Crippen LogP contribution is -2.54. The van der Waals surface area contributed by atoms with Gasteiger partial charge in [0.05, 0.1) is 29.1 Å². The van der Waals surface area contributed by atoms with Gasteiger partial charge in [0.2, 0.25) is 11.8 Å². The van der Waals surface area contributed by atoms with Gasteiger partial charge in [-0.05, 0) is 87.4 Å². The maximum Gasteiger partial charge on any atom is 0.262 e. The molecule has 9 rings (SSSR count). The summed E-state index contributed by atoms with van der Waals surface area (Å²) in [4.78, 5) is 89.9. The number of ether oxygens (including phenoxy) is 1. The second kappa shape index (κ2) is 14.4. The Morgan fingerprint density at radius 1 is 0.947 bits per heavy atom. The van der Waals surface area contributed by atoms with Crippen LogP contribution in [0.4, 0.5) is 11.4 Å². The second-order valence-corrected chi connectivity index (χ2v) is 15.8. The molecule has 2 atom stereocenters. The van der Waals surface area contributed by atoms with Crippen LogP contribution >= 0.6 is 0 Å². The Morgan fingerprint density at radius 3 is 2.54 bits per heavy atom. The van der Waals surface area contributed by atoms with Gasteiger partial charge in [-0.25, -0.2) is 9.50 Å². The van der Waals surface area contributed by atoms with Crippen LogP contribution in [-0.2, 0) is 16.1 Å². The van der Waals surface area contributed by atoms with E-state index in [2.05, 4.69) is 30.5 Å². The SMILES string of the molecule is CC(C)Oc1cc2c(cc1NC(=O)c1cnn3cccnc13)CN(C1CCN(C[C@H]3CCN(c4ccc5c(c4)C(=O)N(C4CCC(=O)NC4=O)C5=O)C3)CC1)C2=O. The first-order valence-electron chi connectivity index (χ1n) is 19.6. The molecule has 5 aliphatic heterocycles. The molecule has 294 valence electrons. The van der Waals surface area contributed by atoms with Crippen LogP contribution in [0.1, 0.15) is 92.9 Å². The van der Waals surface area contributed by atoms with E-state index in [0.717, 1.165) is 68.1 Å². The molecule has 16 nitrogen and oxygen atoms in total. The highest BCUT2D eigenvalue weighted by molar-refractivity contribution is 6.23. The predicted molar refractivity (Wildman–Crippen MR) is 206 cm³/mol. The van der Waals surface area contributed by atoms with Crippen molar-refractivity contribution in [3.8, 4) is 5.75 Å². The summed E-state index contributed by atoms with van der Waals surface area (Å²) in [5.74, 6) is -1.57. The fourth-order valence-corrected chi connectivity index (χ4v) is 8.94. The third-order valence-electron chi connectivity index (χ3n) is 11.8. The Bertz CT molecular complexity index is 2350. The summed E-state index contributed by atoms with van der Waals surface area (Å²) >= 11 is 0. The number of fused-ring (bicyclic) bond motifs is 3. The third-order valence-corrected chi connectivity index (χ3v) is 11.8. The summed E-state index contributed by atoms with van der Waals surface area (Å²) in [6, 6.07) is 9.74. The molecular formula is C41H43N9O7. The molecule has 2 N–H and O–H groups in total. The average Bonchev–Trinajstić information content (AvgIpc) is 3.97. The van der Waals surface area contributed by atoms with Crippen molar-refractivity contribution in [3.05, 3.63) is 82.8 Å². The zero-order chi connectivity index (χ0) is 39.5. The number of nitrogens with one attached hydrogen (secondary N) is 2. The molecule has 0 aliphatic carbocycles. The number of carbonyl (C=O) groups excluding carboxylic acids is 6. The number of rotatable bonds is 9. The second-order valence-electron chi connectivity index (χ2n) is 15.8. The number of carbonyl (C=O) groups is 6. The van der Waals surface area contributed by atoms with Crippen LogP contribution in [0.25, 0.3) is 5.65 Å². The normalized spacial score (nSPS) is 21.5. The molecule has 0 spiro atoms. The maximum absolute atomic E-state index is 13.8. The van der Waals surface area contributed by atoms with Crippen molar-refractivity contribution in [2.45, 2.75) is 70.7 Å². The van der Waals surface area contributed by atoms with E-state index in [1.54, 1.807) is 41.2 Å². The van der Waals surface area contributed by atoms with E-state index in [9.17, 15) is 28.8 Å². The van der Waals surface area contributed by atoms with Gasteiger partial charge in [-0.1, -0.05) is 0 Å². The molecular weight excluding hydrogens is 731 g/mol. The summed E-state index contributed by atoms with van der Waals surface area (Å²) < 4.78 is 7.64. The molecule has 0 radical (unpaired) electrons. The summed E-state index contributed by atoms with van der Waals surface area (Å²) in [5, 5.41) is 9.46. The van der Waals surface area contributed by atoms with Crippen LogP contribution < -0.4 is 20.3 Å². The topological polar surface area (TPSA) is 179 Å². The van der Waals surface area contributed by atoms with Gasteiger partial charge in [-0.3, -0.25) is 39.0 Å². The van der Waals surface area contributed by atoms with E-state index in [1.807, 2.05) is 30.9 Å². The highest BCUT2D eigenvalue weighted by Crippen LogP contribution is 2.38. The summed E-state index contributed by atoms with van der Waals surface area (Å²) in [7, 11) is 0. The van der Waals surface area contributed by atoms with Gasteiger partial charge in [0, 0.05) is 75.4 Å². The highest BCUT2D eigenvalue weighted by atomic mass is 16.5. The van der Waals surface area contributed by atoms with E-state index >= 15 is 0 Å². The molecule has 3 fully saturated rings. The Kier molecular flexibility index (Phi) is 9.22. The standard InChI is InChI=1S/C41H43N9O7/c1-23(2)57-34-18-29-25(16-32(34)44-37(52)31-19-43-49-12-3-11-42-36(31)49)22-48(39(29)54)26-9-13-46(14-10-26)20-24-8-15-47(21-24)27-4-5-28-30(17-27)41(56)50(40(28)55)33-6-7-35(51)45-38(33)53/h3-5,11-12,16-19,23-24,26,33H,6-10,13-15,20-22H2,1-2H3,(H,44,52)(H,45,51,53)/t24-,33?/m1/s1. The Balaban J connectivity index is 0.807. The highest BCUT2D eigenvalue weighted by Gasteiger charge is 2.45. The van der Waals surface area contributed by atoms with Gasteiger partial charge in [-0.2, -0.15) is 5.10 Å². The molecule has 2 aromatic carbocycles. The number of hydrogen-bond donors (Lipinski definition) is 2. The minimum absolute atomic E-state index is 0.0250. The van der Waals surface area contributed by atoms with E-state index < -0.39 is 29.7 Å². The number of imide groups is 2. The smallest absolute Gasteiger partial charge is 0.262 e. The molecule has 7 heterocycles. The van der Waals surface area contributed by atoms with E-state index in [0.29, 0.717) is 40.7 Å². The molecule has 3 saturated heterocycles. The van der Waals surface area contributed by atoms with Gasteiger partial charge >= 0.3 is 0 Å². The fraction of sp³-hybridized carbons (Fsp3) is 0.415. The van der Waals surface area contributed by atoms with E-state index in [1.165, 1.54) is 6.20 Å². The van der Waals surface area contributed by atoms with E-state index in [-0.39, 0.29) is 47.9 Å². The molecule has 1 unspecified atom stereocenters. The van der Waals surface area contributed by atoms with Crippen LogP contribution in [0.2, 0.25) is 0 Å². The number of benzene rings is 2. The first-order chi connectivity index (χ1) is 27.5. The van der Waals surface area contributed by atoms with Crippen LogP contribution in [0, 0.1) is 5.92 Å². The first kappa shape index (κ1) is 36.5. The zero-order valence-electron chi connectivity index (χ0n) is 31.8. The quantitative estimate of drug-likeness (QED) is 0.239. The molecule has 57 heavy (non-hydrogen) atoms. The monoisotopic (exact) mass is 773 g/mol. The van der Waals surface area contributed by atoms with Gasteiger partial charge in [0.25, 0.3) is 23.6 Å². The van der Waals surface area contributed by atoms with Crippen molar-refractivity contribution in [2.24, 2.45) is 5.92 Å². The van der Waals surface area contributed by atoms with Crippen LogP contribution in [-0.4, -0.2) is 116 Å². The Morgan fingerprint density at radius 2 is 1.75 bits per heavy atom. The van der Waals surface area contributed by atoms with Gasteiger partial charge in [0.1, 0.15) is 17.4 Å². The third kappa shape index (κ3) is 6.66. The lowest BCUT2D eigenvalue weighted by Gasteiger charge is -2.37. The number of aromatic nitrogens is 3.